The Labute approximate surface area is 112 Å². The van der Waals surface area contributed by atoms with Crippen molar-refractivity contribution in [3.63, 3.8) is 0 Å². The summed E-state index contributed by atoms with van der Waals surface area (Å²) in [5, 5.41) is 11.1. The molecule has 5 nitrogen and oxygen atoms in total. The second-order valence-electron chi connectivity index (χ2n) is 4.65. The molecule has 5 heteroatoms. The Morgan fingerprint density at radius 1 is 1.32 bits per heavy atom. The van der Waals surface area contributed by atoms with E-state index in [1.54, 1.807) is 0 Å². The first-order valence-corrected chi connectivity index (χ1v) is 6.66. The molecule has 0 saturated heterocycles. The van der Waals surface area contributed by atoms with Crippen LogP contribution < -0.4 is 10.1 Å². The third-order valence-corrected chi connectivity index (χ3v) is 3.13. The van der Waals surface area contributed by atoms with Gasteiger partial charge < -0.3 is 14.5 Å². The molecule has 0 radical (unpaired) electrons. The van der Waals surface area contributed by atoms with Gasteiger partial charge in [-0.05, 0) is 23.6 Å². The molecule has 0 spiro atoms. The van der Waals surface area contributed by atoms with E-state index in [0.717, 1.165) is 31.6 Å². The average Bonchev–Trinajstić information content (AvgIpc) is 3.04. The van der Waals surface area contributed by atoms with Crippen LogP contribution in [0, 0.1) is 0 Å². The molecule has 2 aromatic rings. The molecule has 0 saturated carbocycles. The van der Waals surface area contributed by atoms with Crippen molar-refractivity contribution in [1.29, 1.82) is 0 Å². The Morgan fingerprint density at radius 2 is 2.26 bits per heavy atom. The maximum atomic E-state index is 5.49. The molecule has 1 N–H and O–H groups in total. The maximum absolute atomic E-state index is 5.49. The van der Waals surface area contributed by atoms with Crippen LogP contribution in [-0.4, -0.2) is 16.8 Å². The lowest BCUT2D eigenvalue weighted by molar-refractivity contribution is 0.357. The number of anilines is 1. The minimum atomic E-state index is 0.486. The second-order valence-corrected chi connectivity index (χ2v) is 4.65. The lowest BCUT2D eigenvalue weighted by atomic mass is 10.1. The summed E-state index contributed by atoms with van der Waals surface area (Å²) in [5.41, 5.74) is 2.47. The van der Waals surface area contributed by atoms with Gasteiger partial charge in [-0.15, -0.1) is 5.10 Å². The summed E-state index contributed by atoms with van der Waals surface area (Å²) in [6, 6.07) is 6.73. The molecular weight excluding hydrogens is 242 g/mol. The van der Waals surface area contributed by atoms with Crippen molar-refractivity contribution in [1.82, 2.24) is 10.2 Å². The number of rotatable bonds is 5. The fraction of sp³-hybridized carbons (Fsp3) is 0.429. The summed E-state index contributed by atoms with van der Waals surface area (Å²) in [6.45, 7) is 3.56. The van der Waals surface area contributed by atoms with Gasteiger partial charge in [0, 0.05) is 19.4 Å². The molecule has 1 aliphatic rings. The van der Waals surface area contributed by atoms with Crippen molar-refractivity contribution in [3.05, 3.63) is 35.2 Å². The van der Waals surface area contributed by atoms with Crippen LogP contribution in [0.4, 0.5) is 6.01 Å². The standard InChI is InChI=1S/C14H17N3O2/c1-2-3-13-16-17-14(19-13)15-9-10-4-5-12-11(8-10)6-7-18-12/h4-5,8H,2-3,6-7,9H2,1H3,(H,15,17). The molecule has 1 aliphatic heterocycles. The van der Waals surface area contributed by atoms with Gasteiger partial charge in [0.15, 0.2) is 0 Å². The lowest BCUT2D eigenvalue weighted by Crippen LogP contribution is -1.99. The van der Waals surface area contributed by atoms with Crippen LogP contribution >= 0.6 is 0 Å². The number of aromatic nitrogens is 2. The number of hydrogen-bond donors (Lipinski definition) is 1. The maximum Gasteiger partial charge on any atom is 0.315 e. The topological polar surface area (TPSA) is 60.2 Å². The van der Waals surface area contributed by atoms with Crippen LogP contribution in [-0.2, 0) is 19.4 Å². The Kier molecular flexibility index (Phi) is 3.35. The van der Waals surface area contributed by atoms with E-state index < -0.39 is 0 Å². The SMILES string of the molecule is CCCc1nnc(NCc2ccc3c(c2)CCO3)o1. The van der Waals surface area contributed by atoms with E-state index in [2.05, 4.69) is 34.6 Å². The molecule has 0 atom stereocenters. The van der Waals surface area contributed by atoms with Gasteiger partial charge >= 0.3 is 6.01 Å². The fourth-order valence-electron chi connectivity index (χ4n) is 2.17. The van der Waals surface area contributed by atoms with E-state index in [1.165, 1.54) is 11.1 Å². The molecule has 0 bridgehead atoms. The molecule has 2 heterocycles. The fourth-order valence-corrected chi connectivity index (χ4v) is 2.17. The minimum absolute atomic E-state index is 0.486. The van der Waals surface area contributed by atoms with Crippen molar-refractivity contribution in [2.45, 2.75) is 32.7 Å². The van der Waals surface area contributed by atoms with Gasteiger partial charge in [0.2, 0.25) is 5.89 Å². The van der Waals surface area contributed by atoms with Crippen molar-refractivity contribution >= 4 is 6.01 Å². The molecule has 0 aliphatic carbocycles. The van der Waals surface area contributed by atoms with Gasteiger partial charge in [0.25, 0.3) is 0 Å². The van der Waals surface area contributed by atoms with E-state index >= 15 is 0 Å². The Balaban J connectivity index is 1.62. The summed E-state index contributed by atoms with van der Waals surface area (Å²) in [4.78, 5) is 0. The molecule has 100 valence electrons. The molecule has 0 unspecified atom stereocenters. The van der Waals surface area contributed by atoms with Crippen LogP contribution in [0.25, 0.3) is 0 Å². The van der Waals surface area contributed by atoms with Crippen molar-refractivity contribution in [3.8, 4) is 5.75 Å². The van der Waals surface area contributed by atoms with Crippen LogP contribution in [0.1, 0.15) is 30.4 Å². The number of benzene rings is 1. The molecular formula is C14H17N3O2. The Bertz CT molecular complexity index is 566. The number of nitrogens with zero attached hydrogens (tertiary/aromatic N) is 2. The van der Waals surface area contributed by atoms with Crippen molar-refractivity contribution < 1.29 is 9.15 Å². The smallest absolute Gasteiger partial charge is 0.315 e. The third kappa shape index (κ3) is 2.70. The predicted molar refractivity (Wildman–Crippen MR) is 71.3 cm³/mol. The summed E-state index contributed by atoms with van der Waals surface area (Å²) in [6.07, 6.45) is 2.82. The van der Waals surface area contributed by atoms with Crippen LogP contribution in [0.3, 0.4) is 0 Å². The number of nitrogens with one attached hydrogen (secondary N) is 1. The molecule has 0 fully saturated rings. The van der Waals surface area contributed by atoms with Crippen molar-refractivity contribution in [2.24, 2.45) is 0 Å². The summed E-state index contributed by atoms with van der Waals surface area (Å²) >= 11 is 0. The minimum Gasteiger partial charge on any atom is -0.493 e. The average molecular weight is 259 g/mol. The summed E-state index contributed by atoms with van der Waals surface area (Å²) in [5.74, 6) is 1.69. The van der Waals surface area contributed by atoms with Crippen LogP contribution in [0.15, 0.2) is 22.6 Å². The first-order valence-electron chi connectivity index (χ1n) is 6.66. The summed E-state index contributed by atoms with van der Waals surface area (Å²) < 4.78 is 11.0. The highest BCUT2D eigenvalue weighted by atomic mass is 16.5. The third-order valence-electron chi connectivity index (χ3n) is 3.13. The number of hydrogen-bond acceptors (Lipinski definition) is 5. The first kappa shape index (κ1) is 12.0. The first-order chi connectivity index (χ1) is 9.35. The van der Waals surface area contributed by atoms with Gasteiger partial charge in [0.1, 0.15) is 5.75 Å². The zero-order chi connectivity index (χ0) is 13.1. The molecule has 19 heavy (non-hydrogen) atoms. The molecule has 1 aromatic carbocycles. The van der Waals surface area contributed by atoms with E-state index in [-0.39, 0.29) is 0 Å². The van der Waals surface area contributed by atoms with Gasteiger partial charge in [-0.2, -0.15) is 0 Å². The molecule has 0 amide bonds. The van der Waals surface area contributed by atoms with E-state index in [9.17, 15) is 0 Å². The second kappa shape index (κ2) is 5.30. The van der Waals surface area contributed by atoms with Crippen LogP contribution in [0.2, 0.25) is 0 Å². The van der Waals surface area contributed by atoms with Gasteiger partial charge in [0.05, 0.1) is 6.61 Å². The quantitative estimate of drug-likeness (QED) is 0.894. The zero-order valence-corrected chi connectivity index (χ0v) is 11.0. The van der Waals surface area contributed by atoms with Crippen molar-refractivity contribution in [2.75, 3.05) is 11.9 Å². The zero-order valence-electron chi connectivity index (χ0n) is 11.0. The predicted octanol–water partition coefficient (Wildman–Crippen LogP) is 2.57. The largest absolute Gasteiger partial charge is 0.493 e. The summed E-state index contributed by atoms with van der Waals surface area (Å²) in [7, 11) is 0. The Hall–Kier alpha value is -2.04. The van der Waals surface area contributed by atoms with E-state index in [1.807, 2.05) is 6.07 Å². The highest BCUT2D eigenvalue weighted by Crippen LogP contribution is 2.26. The molecule has 3 rings (SSSR count). The van der Waals surface area contributed by atoms with Gasteiger partial charge in [-0.1, -0.05) is 24.2 Å². The highest BCUT2D eigenvalue weighted by Gasteiger charge is 2.12. The normalized spacial score (nSPS) is 13.1. The van der Waals surface area contributed by atoms with Crippen LogP contribution in [0.5, 0.6) is 5.75 Å². The number of aryl methyl sites for hydroxylation is 1. The van der Waals surface area contributed by atoms with E-state index in [4.69, 9.17) is 9.15 Å². The van der Waals surface area contributed by atoms with E-state index in [0.29, 0.717) is 18.5 Å². The van der Waals surface area contributed by atoms with Gasteiger partial charge in [-0.3, -0.25) is 0 Å². The Morgan fingerprint density at radius 3 is 3.16 bits per heavy atom. The molecule has 1 aromatic heterocycles. The monoisotopic (exact) mass is 259 g/mol. The van der Waals surface area contributed by atoms with Gasteiger partial charge in [-0.25, -0.2) is 0 Å². The number of ether oxygens (including phenoxy) is 1. The number of fused-ring (bicyclic) bond motifs is 1. The highest BCUT2D eigenvalue weighted by molar-refractivity contribution is 5.40. The lowest BCUT2D eigenvalue weighted by Gasteiger charge is -2.04.